The fraction of sp³-hybridized carbons (Fsp3) is 0.462. The zero-order valence-electron chi connectivity index (χ0n) is 9.31. The van der Waals surface area contributed by atoms with Crippen LogP contribution in [0.3, 0.4) is 0 Å². The minimum absolute atomic E-state index is 0.0632. The summed E-state index contributed by atoms with van der Waals surface area (Å²) in [5, 5.41) is 10.1. The summed E-state index contributed by atoms with van der Waals surface area (Å²) in [6.07, 6.45) is 0.989. The van der Waals surface area contributed by atoms with Crippen molar-refractivity contribution in [3.63, 3.8) is 0 Å². The van der Waals surface area contributed by atoms with Crippen LogP contribution >= 0.6 is 0 Å². The predicted molar refractivity (Wildman–Crippen MR) is 60.5 cm³/mol. The van der Waals surface area contributed by atoms with Gasteiger partial charge in [-0.1, -0.05) is 43.7 Å². The van der Waals surface area contributed by atoms with Crippen molar-refractivity contribution in [2.24, 2.45) is 5.92 Å². The SMILES string of the molecule is CCC[C@@H](C(C)=O)[C@H](O)c1ccccc1. The zero-order chi connectivity index (χ0) is 11.3. The molecule has 2 heteroatoms. The van der Waals surface area contributed by atoms with Crippen LogP contribution in [-0.2, 0) is 4.79 Å². The van der Waals surface area contributed by atoms with Gasteiger partial charge in [-0.2, -0.15) is 0 Å². The molecule has 0 saturated carbocycles. The summed E-state index contributed by atoms with van der Waals surface area (Å²) in [5.41, 5.74) is 0.825. The quantitative estimate of drug-likeness (QED) is 0.804. The Morgan fingerprint density at radius 3 is 2.40 bits per heavy atom. The van der Waals surface area contributed by atoms with Crippen molar-refractivity contribution in [3.05, 3.63) is 35.9 Å². The second-order valence-corrected chi connectivity index (χ2v) is 3.86. The summed E-state index contributed by atoms with van der Waals surface area (Å²) in [6.45, 7) is 3.57. The van der Waals surface area contributed by atoms with Crippen molar-refractivity contribution in [2.75, 3.05) is 0 Å². The Labute approximate surface area is 90.9 Å². The van der Waals surface area contributed by atoms with Crippen LogP contribution < -0.4 is 0 Å². The van der Waals surface area contributed by atoms with Gasteiger partial charge in [-0.05, 0) is 18.9 Å². The Morgan fingerprint density at radius 2 is 1.93 bits per heavy atom. The number of hydrogen-bond acceptors (Lipinski definition) is 2. The number of Topliss-reactive ketones (excluding diaryl/α,β-unsaturated/α-hetero) is 1. The van der Waals surface area contributed by atoms with E-state index in [2.05, 4.69) is 0 Å². The molecule has 1 rings (SSSR count). The highest BCUT2D eigenvalue weighted by atomic mass is 16.3. The highest BCUT2D eigenvalue weighted by molar-refractivity contribution is 5.79. The van der Waals surface area contributed by atoms with Gasteiger partial charge in [-0.15, -0.1) is 0 Å². The molecule has 0 spiro atoms. The summed E-state index contributed by atoms with van der Waals surface area (Å²) >= 11 is 0. The average molecular weight is 206 g/mol. The molecular weight excluding hydrogens is 188 g/mol. The number of carbonyl (C=O) groups excluding carboxylic acids is 1. The average Bonchev–Trinajstić information content (AvgIpc) is 2.26. The zero-order valence-corrected chi connectivity index (χ0v) is 9.31. The van der Waals surface area contributed by atoms with Crippen LogP contribution in [0, 0.1) is 5.92 Å². The van der Waals surface area contributed by atoms with E-state index in [9.17, 15) is 9.90 Å². The lowest BCUT2D eigenvalue weighted by molar-refractivity contribution is -0.124. The lowest BCUT2D eigenvalue weighted by atomic mass is 9.89. The Hall–Kier alpha value is -1.15. The second kappa shape index (κ2) is 5.66. The molecule has 0 bridgehead atoms. The third-order valence-corrected chi connectivity index (χ3v) is 2.64. The van der Waals surface area contributed by atoms with Crippen LogP contribution in [0.15, 0.2) is 30.3 Å². The summed E-state index contributed by atoms with van der Waals surface area (Å²) < 4.78 is 0. The van der Waals surface area contributed by atoms with Crippen molar-refractivity contribution in [1.29, 1.82) is 0 Å². The van der Waals surface area contributed by atoms with Gasteiger partial charge in [-0.25, -0.2) is 0 Å². The van der Waals surface area contributed by atoms with Crippen molar-refractivity contribution in [2.45, 2.75) is 32.8 Å². The molecule has 0 aromatic heterocycles. The minimum atomic E-state index is -0.663. The lowest BCUT2D eigenvalue weighted by Crippen LogP contribution is -2.19. The van der Waals surface area contributed by atoms with Gasteiger partial charge >= 0.3 is 0 Å². The van der Waals surface area contributed by atoms with E-state index >= 15 is 0 Å². The largest absolute Gasteiger partial charge is 0.388 e. The van der Waals surface area contributed by atoms with Crippen molar-refractivity contribution in [3.8, 4) is 0 Å². The second-order valence-electron chi connectivity index (χ2n) is 3.86. The van der Waals surface area contributed by atoms with Gasteiger partial charge in [0.15, 0.2) is 0 Å². The third-order valence-electron chi connectivity index (χ3n) is 2.64. The number of ketones is 1. The van der Waals surface area contributed by atoms with Crippen molar-refractivity contribution in [1.82, 2.24) is 0 Å². The number of benzene rings is 1. The fourth-order valence-corrected chi connectivity index (χ4v) is 1.78. The van der Waals surface area contributed by atoms with Crippen molar-refractivity contribution < 1.29 is 9.90 Å². The van der Waals surface area contributed by atoms with Crippen molar-refractivity contribution >= 4 is 5.78 Å². The molecule has 0 aliphatic rings. The molecule has 0 aliphatic carbocycles. The summed E-state index contributed by atoms with van der Waals surface area (Å²) in [4.78, 5) is 11.4. The van der Waals surface area contributed by atoms with Gasteiger partial charge in [0, 0.05) is 5.92 Å². The lowest BCUT2D eigenvalue weighted by Gasteiger charge is -2.20. The molecule has 2 atom stereocenters. The molecule has 1 aromatic carbocycles. The molecule has 0 unspecified atom stereocenters. The van der Waals surface area contributed by atoms with Crippen LogP contribution in [0.4, 0.5) is 0 Å². The molecule has 0 aliphatic heterocycles. The first kappa shape index (κ1) is 11.9. The molecule has 0 heterocycles. The van der Waals surface area contributed by atoms with Gasteiger partial charge in [0.1, 0.15) is 5.78 Å². The normalized spacial score (nSPS) is 14.6. The minimum Gasteiger partial charge on any atom is -0.388 e. The van der Waals surface area contributed by atoms with Gasteiger partial charge in [0.2, 0.25) is 0 Å². The molecule has 15 heavy (non-hydrogen) atoms. The molecule has 2 nitrogen and oxygen atoms in total. The molecule has 82 valence electrons. The first-order valence-corrected chi connectivity index (χ1v) is 5.40. The number of carbonyl (C=O) groups is 1. The fourth-order valence-electron chi connectivity index (χ4n) is 1.78. The summed E-state index contributed by atoms with van der Waals surface area (Å²) in [6, 6.07) is 9.37. The van der Waals surface area contributed by atoms with Crippen LogP contribution in [0.2, 0.25) is 0 Å². The molecule has 0 saturated heterocycles. The van der Waals surface area contributed by atoms with E-state index < -0.39 is 6.10 Å². The third kappa shape index (κ3) is 3.17. The van der Waals surface area contributed by atoms with Crippen LogP contribution in [0.1, 0.15) is 38.4 Å². The Bertz CT molecular complexity index is 306. The number of hydrogen-bond donors (Lipinski definition) is 1. The van der Waals surface area contributed by atoms with Gasteiger partial charge < -0.3 is 5.11 Å². The predicted octanol–water partition coefficient (Wildman–Crippen LogP) is 2.73. The topological polar surface area (TPSA) is 37.3 Å². The Balaban J connectivity index is 2.81. The van der Waals surface area contributed by atoms with Crippen LogP contribution in [0.5, 0.6) is 0 Å². The maximum atomic E-state index is 11.4. The van der Waals surface area contributed by atoms with Gasteiger partial charge in [0.25, 0.3) is 0 Å². The van der Waals surface area contributed by atoms with E-state index in [1.54, 1.807) is 6.92 Å². The number of aliphatic hydroxyl groups is 1. The van der Waals surface area contributed by atoms with Crippen LogP contribution in [0.25, 0.3) is 0 Å². The summed E-state index contributed by atoms with van der Waals surface area (Å²) in [7, 11) is 0. The molecule has 1 aromatic rings. The highest BCUT2D eigenvalue weighted by Crippen LogP contribution is 2.26. The smallest absolute Gasteiger partial charge is 0.135 e. The van der Waals surface area contributed by atoms with Gasteiger partial charge in [0.05, 0.1) is 6.10 Å². The Kier molecular flexibility index (Phi) is 4.50. The molecule has 0 fully saturated rings. The monoisotopic (exact) mass is 206 g/mol. The highest BCUT2D eigenvalue weighted by Gasteiger charge is 2.23. The van der Waals surface area contributed by atoms with Crippen LogP contribution in [-0.4, -0.2) is 10.9 Å². The Morgan fingerprint density at radius 1 is 1.33 bits per heavy atom. The van der Waals surface area contributed by atoms with E-state index in [4.69, 9.17) is 0 Å². The maximum Gasteiger partial charge on any atom is 0.135 e. The molecule has 0 amide bonds. The molecule has 1 N–H and O–H groups in total. The number of rotatable bonds is 5. The summed E-state index contributed by atoms with van der Waals surface area (Å²) in [5.74, 6) is -0.203. The first-order chi connectivity index (χ1) is 7.16. The van der Waals surface area contributed by atoms with E-state index in [1.807, 2.05) is 37.3 Å². The van der Waals surface area contributed by atoms with Gasteiger partial charge in [-0.3, -0.25) is 4.79 Å². The number of aliphatic hydroxyl groups excluding tert-OH is 1. The maximum absolute atomic E-state index is 11.4. The van der Waals surface area contributed by atoms with E-state index in [0.29, 0.717) is 0 Å². The molecular formula is C13H18O2. The van der Waals surface area contributed by atoms with E-state index in [-0.39, 0.29) is 11.7 Å². The standard InChI is InChI=1S/C13H18O2/c1-3-7-12(10(2)14)13(15)11-8-5-4-6-9-11/h4-6,8-9,12-13,15H,3,7H2,1-2H3/t12-,13+/m0/s1. The van der Waals surface area contributed by atoms with E-state index in [0.717, 1.165) is 18.4 Å². The van der Waals surface area contributed by atoms with E-state index in [1.165, 1.54) is 0 Å². The first-order valence-electron chi connectivity index (χ1n) is 5.40. The molecule has 0 radical (unpaired) electrons.